The van der Waals surface area contributed by atoms with Crippen LogP contribution in [0.3, 0.4) is 0 Å². The highest BCUT2D eigenvalue weighted by molar-refractivity contribution is 6.35. The molecule has 0 aromatic heterocycles. The van der Waals surface area contributed by atoms with Gasteiger partial charge in [0.15, 0.2) is 6.61 Å². The first-order chi connectivity index (χ1) is 16.2. The lowest BCUT2D eigenvalue weighted by Gasteiger charge is -2.07. The number of amides is 1. The topological polar surface area (TPSA) is 146 Å². The molecular weight excluding hydrogens is 491 g/mol. The van der Waals surface area contributed by atoms with E-state index in [2.05, 4.69) is 10.5 Å². The first-order valence-electron chi connectivity index (χ1n) is 9.33. The highest BCUT2D eigenvalue weighted by atomic mass is 35.5. The van der Waals surface area contributed by atoms with E-state index in [1.54, 1.807) is 18.2 Å². The smallest absolute Gasteiger partial charge is 0.318 e. The number of hydrogen-bond donors (Lipinski definition) is 1. The van der Waals surface area contributed by atoms with Crippen LogP contribution in [0.4, 0.5) is 11.4 Å². The molecule has 34 heavy (non-hydrogen) atoms. The highest BCUT2D eigenvalue weighted by Gasteiger charge is 2.21. The van der Waals surface area contributed by atoms with Crippen molar-refractivity contribution < 1.29 is 24.1 Å². The summed E-state index contributed by atoms with van der Waals surface area (Å²) in [5.74, 6) is -0.212. The minimum atomic E-state index is -0.775. The van der Waals surface area contributed by atoms with Gasteiger partial charge in [-0.3, -0.25) is 25.0 Å². The number of hydrogen-bond acceptors (Lipinski definition) is 8. The van der Waals surface area contributed by atoms with Gasteiger partial charge in [0.2, 0.25) is 5.75 Å². The summed E-state index contributed by atoms with van der Waals surface area (Å²) in [5, 5.41) is 26.6. The Labute approximate surface area is 201 Å². The van der Waals surface area contributed by atoms with Crippen LogP contribution < -0.4 is 14.9 Å². The van der Waals surface area contributed by atoms with E-state index in [1.165, 1.54) is 30.5 Å². The van der Waals surface area contributed by atoms with Crippen molar-refractivity contribution in [1.82, 2.24) is 5.43 Å². The zero-order valence-corrected chi connectivity index (χ0v) is 18.5. The number of rotatable bonds is 9. The Hall–Kier alpha value is -4.22. The molecule has 0 radical (unpaired) electrons. The van der Waals surface area contributed by atoms with E-state index in [1.807, 2.05) is 0 Å². The van der Waals surface area contributed by atoms with Crippen LogP contribution in [0.2, 0.25) is 10.0 Å². The van der Waals surface area contributed by atoms with Gasteiger partial charge in [0.05, 0.1) is 27.2 Å². The van der Waals surface area contributed by atoms with Crippen molar-refractivity contribution in [3.05, 3.63) is 96.5 Å². The van der Waals surface area contributed by atoms with Crippen molar-refractivity contribution in [2.75, 3.05) is 6.61 Å². The van der Waals surface area contributed by atoms with Crippen LogP contribution in [0.5, 0.6) is 17.2 Å². The molecule has 0 aliphatic rings. The monoisotopic (exact) mass is 504 g/mol. The van der Waals surface area contributed by atoms with Gasteiger partial charge >= 0.3 is 5.69 Å². The predicted octanol–water partition coefficient (Wildman–Crippen LogP) is 5.13. The van der Waals surface area contributed by atoms with E-state index in [4.69, 9.17) is 32.7 Å². The number of nitrogens with one attached hydrogen (secondary N) is 1. The fourth-order valence-corrected chi connectivity index (χ4v) is 3.04. The van der Waals surface area contributed by atoms with Gasteiger partial charge in [0.1, 0.15) is 11.5 Å². The van der Waals surface area contributed by atoms with E-state index >= 15 is 0 Å². The number of non-ortho nitro benzene ring substituents is 1. The molecule has 13 heteroatoms. The first-order valence-corrected chi connectivity index (χ1v) is 10.1. The molecule has 0 aliphatic heterocycles. The summed E-state index contributed by atoms with van der Waals surface area (Å²) in [7, 11) is 0. The predicted molar refractivity (Wildman–Crippen MR) is 124 cm³/mol. The average Bonchev–Trinajstić information content (AvgIpc) is 2.78. The third-order valence-electron chi connectivity index (χ3n) is 4.09. The van der Waals surface area contributed by atoms with E-state index in [0.717, 1.165) is 18.2 Å². The van der Waals surface area contributed by atoms with Gasteiger partial charge in [-0.25, -0.2) is 5.43 Å². The average molecular weight is 505 g/mol. The zero-order chi connectivity index (χ0) is 24.7. The number of carbonyl (C=O) groups excluding carboxylic acids is 1. The summed E-state index contributed by atoms with van der Waals surface area (Å²) < 4.78 is 10.8. The Morgan fingerprint density at radius 3 is 2.47 bits per heavy atom. The van der Waals surface area contributed by atoms with E-state index in [9.17, 15) is 25.0 Å². The fourth-order valence-electron chi connectivity index (χ4n) is 2.58. The van der Waals surface area contributed by atoms with E-state index in [-0.39, 0.29) is 28.9 Å². The molecule has 0 bridgehead atoms. The quantitative estimate of drug-likeness (QED) is 0.241. The molecule has 0 aliphatic carbocycles. The van der Waals surface area contributed by atoms with Crippen LogP contribution in [0.15, 0.2) is 65.8 Å². The lowest BCUT2D eigenvalue weighted by Crippen LogP contribution is -2.24. The minimum Gasteiger partial charge on any atom is -0.482 e. The van der Waals surface area contributed by atoms with Crippen molar-refractivity contribution >= 4 is 46.7 Å². The van der Waals surface area contributed by atoms with Gasteiger partial charge in [-0.1, -0.05) is 35.3 Å². The third-order valence-corrected chi connectivity index (χ3v) is 4.62. The molecule has 0 fully saturated rings. The molecule has 1 N–H and O–H groups in total. The molecule has 1 amide bonds. The molecule has 3 aromatic carbocycles. The second-order valence-corrected chi connectivity index (χ2v) is 7.34. The summed E-state index contributed by atoms with van der Waals surface area (Å²) in [4.78, 5) is 32.5. The zero-order valence-electron chi connectivity index (χ0n) is 17.0. The second kappa shape index (κ2) is 11.1. The fraction of sp³-hybridized carbons (Fsp3) is 0.0476. The molecule has 0 saturated carbocycles. The Morgan fingerprint density at radius 1 is 1.00 bits per heavy atom. The minimum absolute atomic E-state index is 0.170. The number of ether oxygens (including phenoxy) is 2. The van der Waals surface area contributed by atoms with Crippen molar-refractivity contribution in [3.63, 3.8) is 0 Å². The molecule has 0 unspecified atom stereocenters. The number of halogens is 2. The lowest BCUT2D eigenvalue weighted by atomic mass is 10.2. The summed E-state index contributed by atoms with van der Waals surface area (Å²) in [6.07, 6.45) is 1.32. The summed E-state index contributed by atoms with van der Waals surface area (Å²) >= 11 is 11.8. The largest absolute Gasteiger partial charge is 0.482 e. The van der Waals surface area contributed by atoms with Crippen LogP contribution in [-0.2, 0) is 4.79 Å². The van der Waals surface area contributed by atoms with Crippen molar-refractivity contribution in [2.24, 2.45) is 5.10 Å². The maximum atomic E-state index is 11.9. The van der Waals surface area contributed by atoms with Gasteiger partial charge < -0.3 is 9.47 Å². The Morgan fingerprint density at radius 2 is 1.76 bits per heavy atom. The van der Waals surface area contributed by atoms with Crippen LogP contribution in [-0.4, -0.2) is 28.6 Å². The van der Waals surface area contributed by atoms with Gasteiger partial charge in [0.25, 0.3) is 11.6 Å². The van der Waals surface area contributed by atoms with Crippen LogP contribution in [0, 0.1) is 20.2 Å². The van der Waals surface area contributed by atoms with Gasteiger partial charge in [0, 0.05) is 11.1 Å². The Balaban J connectivity index is 1.61. The molecule has 11 nitrogen and oxygen atoms in total. The Bertz CT molecular complexity index is 1280. The summed E-state index contributed by atoms with van der Waals surface area (Å²) in [5.41, 5.74) is 1.80. The standard InChI is InChI=1S/C21H14Cl2N4O7/c22-14-4-6-19(17(23)9-14)33-12-21(28)25-24-11-13-2-1-3-16(8-13)34-20-7-5-15(26(29)30)10-18(20)27(31)32/h1-11H,12H2,(H,25,28)/b24-11-. The van der Waals surface area contributed by atoms with Gasteiger partial charge in [-0.15, -0.1) is 0 Å². The van der Waals surface area contributed by atoms with E-state index < -0.39 is 27.1 Å². The number of hydrazone groups is 1. The lowest BCUT2D eigenvalue weighted by molar-refractivity contribution is -0.394. The number of carbonyl (C=O) groups is 1. The van der Waals surface area contributed by atoms with Crippen molar-refractivity contribution in [3.8, 4) is 17.2 Å². The summed E-state index contributed by atoms with van der Waals surface area (Å²) in [6, 6.07) is 13.9. The van der Waals surface area contributed by atoms with Crippen LogP contribution in [0.25, 0.3) is 0 Å². The molecule has 0 heterocycles. The SMILES string of the molecule is O=C(COc1ccc(Cl)cc1Cl)N/N=C\c1cccc(Oc2ccc([N+](=O)[O-])cc2[N+](=O)[O-])c1. The Kier molecular flexibility index (Phi) is 7.96. The van der Waals surface area contributed by atoms with Gasteiger partial charge in [-0.2, -0.15) is 5.10 Å². The van der Waals surface area contributed by atoms with Crippen LogP contribution in [0.1, 0.15) is 5.56 Å². The van der Waals surface area contributed by atoms with E-state index in [0.29, 0.717) is 10.6 Å². The normalized spacial score (nSPS) is 10.6. The van der Waals surface area contributed by atoms with Gasteiger partial charge in [-0.05, 0) is 42.0 Å². The molecule has 0 atom stereocenters. The number of benzene rings is 3. The molecule has 0 spiro atoms. The summed E-state index contributed by atoms with van der Waals surface area (Å²) in [6.45, 7) is -0.342. The molecular formula is C21H14Cl2N4O7. The maximum absolute atomic E-state index is 11.9. The second-order valence-electron chi connectivity index (χ2n) is 6.50. The molecule has 3 aromatic rings. The number of nitro groups is 2. The number of nitro benzene ring substituents is 2. The van der Waals surface area contributed by atoms with Crippen molar-refractivity contribution in [1.29, 1.82) is 0 Å². The molecule has 3 rings (SSSR count). The first kappa shape index (κ1) is 24.4. The highest BCUT2D eigenvalue weighted by Crippen LogP contribution is 2.34. The maximum Gasteiger partial charge on any atom is 0.318 e. The number of nitrogens with zero attached hydrogens (tertiary/aromatic N) is 3. The third kappa shape index (κ3) is 6.64. The molecule has 0 saturated heterocycles. The van der Waals surface area contributed by atoms with Crippen LogP contribution >= 0.6 is 23.2 Å². The molecule has 174 valence electrons. The van der Waals surface area contributed by atoms with Crippen molar-refractivity contribution in [2.45, 2.75) is 0 Å².